The van der Waals surface area contributed by atoms with Gasteiger partial charge in [0.05, 0.1) is 5.56 Å². The maximum absolute atomic E-state index is 11.1. The maximum Gasteiger partial charge on any atom is 0.337 e. The highest BCUT2D eigenvalue weighted by atomic mass is 16.4. The Kier molecular flexibility index (Phi) is 3.66. The summed E-state index contributed by atoms with van der Waals surface area (Å²) in [7, 11) is 0. The predicted octanol–water partition coefficient (Wildman–Crippen LogP) is 2.28. The van der Waals surface area contributed by atoms with Crippen LogP contribution in [0.2, 0.25) is 0 Å². The molecule has 0 fully saturated rings. The van der Waals surface area contributed by atoms with E-state index in [2.05, 4.69) is 10.3 Å². The summed E-state index contributed by atoms with van der Waals surface area (Å²) in [6.45, 7) is 2.39. The zero-order valence-corrected chi connectivity index (χ0v) is 10.6. The van der Waals surface area contributed by atoms with Gasteiger partial charge >= 0.3 is 5.97 Å². The molecule has 0 aliphatic rings. The largest absolute Gasteiger partial charge is 0.478 e. The summed E-state index contributed by atoms with van der Waals surface area (Å²) in [4.78, 5) is 15.0. The van der Waals surface area contributed by atoms with Gasteiger partial charge in [0, 0.05) is 30.3 Å². The number of pyridine rings is 1. The van der Waals surface area contributed by atoms with Crippen LogP contribution in [0.3, 0.4) is 0 Å². The van der Waals surface area contributed by atoms with E-state index in [1.165, 1.54) is 0 Å². The van der Waals surface area contributed by atoms with Crippen molar-refractivity contribution < 1.29 is 9.90 Å². The topological polar surface area (TPSA) is 88.2 Å². The minimum absolute atomic E-state index is 0.122. The zero-order valence-electron chi connectivity index (χ0n) is 10.6. The molecule has 98 valence electrons. The summed E-state index contributed by atoms with van der Waals surface area (Å²) >= 11 is 0. The van der Waals surface area contributed by atoms with Crippen molar-refractivity contribution in [1.29, 1.82) is 0 Å². The molecule has 4 N–H and O–H groups in total. The fourth-order valence-corrected chi connectivity index (χ4v) is 1.78. The van der Waals surface area contributed by atoms with Gasteiger partial charge in [-0.05, 0) is 42.3 Å². The molecule has 1 heterocycles. The SMILES string of the molecule is Cc1cc(NCc2ccncc2)cc(C(=O)O)c1N. The molecule has 0 bridgehead atoms. The number of rotatable bonds is 4. The predicted molar refractivity (Wildman–Crippen MR) is 74.1 cm³/mol. The monoisotopic (exact) mass is 257 g/mol. The summed E-state index contributed by atoms with van der Waals surface area (Å²) < 4.78 is 0. The number of aromatic carboxylic acids is 1. The van der Waals surface area contributed by atoms with Gasteiger partial charge in [0.15, 0.2) is 0 Å². The van der Waals surface area contributed by atoms with Crippen molar-refractivity contribution >= 4 is 17.3 Å². The first kappa shape index (κ1) is 12.9. The normalized spacial score (nSPS) is 10.2. The van der Waals surface area contributed by atoms with Crippen molar-refractivity contribution in [3.05, 3.63) is 53.3 Å². The molecule has 2 rings (SSSR count). The van der Waals surface area contributed by atoms with Gasteiger partial charge in [-0.25, -0.2) is 4.79 Å². The molecule has 1 aromatic heterocycles. The van der Waals surface area contributed by atoms with Crippen molar-refractivity contribution in [2.24, 2.45) is 0 Å². The van der Waals surface area contributed by atoms with Crippen LogP contribution in [0.1, 0.15) is 21.5 Å². The molecule has 0 aliphatic carbocycles. The highest BCUT2D eigenvalue weighted by Gasteiger charge is 2.11. The second-order valence-corrected chi connectivity index (χ2v) is 4.27. The maximum atomic E-state index is 11.1. The van der Waals surface area contributed by atoms with E-state index in [0.29, 0.717) is 12.2 Å². The number of nitrogens with zero attached hydrogens (tertiary/aromatic N) is 1. The standard InChI is InChI=1S/C14H15N3O2/c1-9-6-11(7-12(13(9)15)14(18)19)17-8-10-2-4-16-5-3-10/h2-7,17H,8,15H2,1H3,(H,18,19). The van der Waals surface area contributed by atoms with Crippen LogP contribution in [0.25, 0.3) is 0 Å². The first-order valence-electron chi connectivity index (χ1n) is 5.84. The number of anilines is 2. The molecule has 1 aromatic carbocycles. The molecule has 0 saturated heterocycles. The second-order valence-electron chi connectivity index (χ2n) is 4.27. The summed E-state index contributed by atoms with van der Waals surface area (Å²) in [5, 5.41) is 12.3. The lowest BCUT2D eigenvalue weighted by Gasteiger charge is -2.11. The molecule has 0 aliphatic heterocycles. The quantitative estimate of drug-likeness (QED) is 0.731. The lowest BCUT2D eigenvalue weighted by Crippen LogP contribution is -2.07. The van der Waals surface area contributed by atoms with Crippen molar-refractivity contribution in [2.45, 2.75) is 13.5 Å². The molecule has 0 radical (unpaired) electrons. The number of hydrogen-bond donors (Lipinski definition) is 3. The summed E-state index contributed by atoms with van der Waals surface area (Å²) in [5.74, 6) is -1.02. The molecule has 0 saturated carbocycles. The minimum atomic E-state index is -1.02. The zero-order chi connectivity index (χ0) is 13.8. The Hall–Kier alpha value is -2.56. The van der Waals surface area contributed by atoms with E-state index < -0.39 is 5.97 Å². The molecule has 5 nitrogen and oxygen atoms in total. The average Bonchev–Trinajstić information content (AvgIpc) is 2.41. The van der Waals surface area contributed by atoms with E-state index in [0.717, 1.165) is 16.8 Å². The molecule has 0 amide bonds. The highest BCUT2D eigenvalue weighted by molar-refractivity contribution is 5.95. The van der Waals surface area contributed by atoms with Crippen LogP contribution in [0.5, 0.6) is 0 Å². The Morgan fingerprint density at radius 1 is 1.37 bits per heavy atom. The number of aryl methyl sites for hydroxylation is 1. The Morgan fingerprint density at radius 2 is 2.05 bits per heavy atom. The molecule has 0 unspecified atom stereocenters. The van der Waals surface area contributed by atoms with Crippen molar-refractivity contribution in [1.82, 2.24) is 4.98 Å². The first-order chi connectivity index (χ1) is 9.08. The van der Waals surface area contributed by atoms with Crippen LogP contribution >= 0.6 is 0 Å². The number of carboxylic acids is 1. The van der Waals surface area contributed by atoms with Crippen molar-refractivity contribution in [3.63, 3.8) is 0 Å². The van der Waals surface area contributed by atoms with E-state index in [4.69, 9.17) is 10.8 Å². The third-order valence-electron chi connectivity index (χ3n) is 2.86. The fourth-order valence-electron chi connectivity index (χ4n) is 1.78. The van der Waals surface area contributed by atoms with Gasteiger partial charge < -0.3 is 16.2 Å². The average molecular weight is 257 g/mol. The summed E-state index contributed by atoms with van der Waals surface area (Å²) in [6.07, 6.45) is 3.43. The fraction of sp³-hybridized carbons (Fsp3) is 0.143. The van der Waals surface area contributed by atoms with Gasteiger partial charge in [0.1, 0.15) is 0 Å². The minimum Gasteiger partial charge on any atom is -0.478 e. The molecule has 2 aromatic rings. The molecular weight excluding hydrogens is 242 g/mol. The van der Waals surface area contributed by atoms with Gasteiger partial charge in [-0.1, -0.05) is 0 Å². The lowest BCUT2D eigenvalue weighted by atomic mass is 10.1. The number of hydrogen-bond acceptors (Lipinski definition) is 4. The van der Waals surface area contributed by atoms with E-state index >= 15 is 0 Å². The summed E-state index contributed by atoms with van der Waals surface area (Å²) in [5.41, 5.74) is 8.73. The Morgan fingerprint density at radius 3 is 2.68 bits per heavy atom. The van der Waals surface area contributed by atoms with E-state index in [1.54, 1.807) is 25.4 Å². The van der Waals surface area contributed by atoms with Crippen LogP contribution in [0.15, 0.2) is 36.7 Å². The van der Waals surface area contributed by atoms with Gasteiger partial charge in [0.2, 0.25) is 0 Å². The number of nitrogen functional groups attached to an aromatic ring is 1. The number of nitrogens with one attached hydrogen (secondary N) is 1. The van der Waals surface area contributed by atoms with E-state index in [9.17, 15) is 4.79 Å². The van der Waals surface area contributed by atoms with Gasteiger partial charge in [-0.2, -0.15) is 0 Å². The van der Waals surface area contributed by atoms with Crippen LogP contribution in [-0.4, -0.2) is 16.1 Å². The summed E-state index contributed by atoms with van der Waals surface area (Å²) in [6, 6.07) is 7.18. The first-order valence-corrected chi connectivity index (χ1v) is 5.84. The van der Waals surface area contributed by atoms with E-state index in [1.807, 2.05) is 18.2 Å². The van der Waals surface area contributed by atoms with Crippen LogP contribution in [0, 0.1) is 6.92 Å². The number of carbonyl (C=O) groups is 1. The van der Waals surface area contributed by atoms with Crippen LogP contribution in [-0.2, 0) is 6.54 Å². The third-order valence-corrected chi connectivity index (χ3v) is 2.86. The lowest BCUT2D eigenvalue weighted by molar-refractivity contribution is 0.0698. The number of benzene rings is 1. The smallest absolute Gasteiger partial charge is 0.337 e. The molecule has 0 spiro atoms. The molecule has 5 heteroatoms. The molecule has 0 atom stereocenters. The highest BCUT2D eigenvalue weighted by Crippen LogP contribution is 2.23. The Labute approximate surface area is 111 Å². The van der Waals surface area contributed by atoms with Gasteiger partial charge in [0.25, 0.3) is 0 Å². The third kappa shape index (κ3) is 3.01. The number of aromatic nitrogens is 1. The van der Waals surface area contributed by atoms with Crippen molar-refractivity contribution in [3.8, 4) is 0 Å². The Balaban J connectivity index is 2.19. The van der Waals surface area contributed by atoms with E-state index in [-0.39, 0.29) is 5.56 Å². The van der Waals surface area contributed by atoms with Gasteiger partial charge in [-0.15, -0.1) is 0 Å². The van der Waals surface area contributed by atoms with Crippen LogP contribution < -0.4 is 11.1 Å². The van der Waals surface area contributed by atoms with Crippen LogP contribution in [0.4, 0.5) is 11.4 Å². The second kappa shape index (κ2) is 5.39. The molecule has 19 heavy (non-hydrogen) atoms. The van der Waals surface area contributed by atoms with Gasteiger partial charge in [-0.3, -0.25) is 4.98 Å². The number of nitrogens with two attached hydrogens (primary N) is 1. The van der Waals surface area contributed by atoms with Crippen molar-refractivity contribution in [2.75, 3.05) is 11.1 Å². The Bertz CT molecular complexity index is 597. The number of carboxylic acid groups (broad SMARTS) is 1. The molecular formula is C14H15N3O2.